The molecule has 0 fully saturated rings. The molecular weight excluding hydrogens is 229 g/mol. The molecule has 0 aliphatic heterocycles. The number of rotatable bonds is 2. The normalized spacial score (nSPS) is 12.7. The predicted octanol–water partition coefficient (Wildman–Crippen LogP) is 2.87. The third kappa shape index (κ3) is 1.76. The molecule has 2 aromatic rings. The van der Waals surface area contributed by atoms with E-state index in [9.17, 15) is 4.39 Å². The number of halogens is 2. The summed E-state index contributed by atoms with van der Waals surface area (Å²) >= 11 is 5.80. The number of hydrogen-bond acceptors (Lipinski definition) is 2. The van der Waals surface area contributed by atoms with E-state index in [1.54, 1.807) is 18.2 Å². The zero-order valence-electron chi connectivity index (χ0n) is 8.69. The second-order valence-corrected chi connectivity index (χ2v) is 3.93. The molecule has 0 aliphatic rings. The Labute approximate surface area is 97.6 Å². The SMILES string of the molecule is CC(c1ccccc1F)n1ncc(Cl)c1N. The average molecular weight is 240 g/mol. The lowest BCUT2D eigenvalue weighted by Crippen LogP contribution is -2.12. The van der Waals surface area contributed by atoms with Crippen molar-refractivity contribution in [3.63, 3.8) is 0 Å². The molecule has 1 unspecified atom stereocenters. The molecule has 1 heterocycles. The Morgan fingerprint density at radius 2 is 2.12 bits per heavy atom. The first-order valence-corrected chi connectivity index (χ1v) is 5.22. The van der Waals surface area contributed by atoms with Crippen molar-refractivity contribution in [3.8, 4) is 0 Å². The Bertz CT molecular complexity index is 510. The second kappa shape index (κ2) is 4.14. The fraction of sp³-hybridized carbons (Fsp3) is 0.182. The van der Waals surface area contributed by atoms with Crippen molar-refractivity contribution in [2.45, 2.75) is 13.0 Å². The lowest BCUT2D eigenvalue weighted by atomic mass is 10.1. The first-order chi connectivity index (χ1) is 7.61. The van der Waals surface area contributed by atoms with Gasteiger partial charge in [-0.25, -0.2) is 9.07 Å². The van der Waals surface area contributed by atoms with E-state index in [0.717, 1.165) is 0 Å². The van der Waals surface area contributed by atoms with Gasteiger partial charge in [0.05, 0.1) is 12.2 Å². The van der Waals surface area contributed by atoms with E-state index in [4.69, 9.17) is 17.3 Å². The minimum absolute atomic E-state index is 0.277. The summed E-state index contributed by atoms with van der Waals surface area (Å²) in [4.78, 5) is 0. The van der Waals surface area contributed by atoms with Gasteiger partial charge in [0.25, 0.3) is 0 Å². The lowest BCUT2D eigenvalue weighted by molar-refractivity contribution is 0.526. The molecule has 1 atom stereocenters. The van der Waals surface area contributed by atoms with Crippen molar-refractivity contribution >= 4 is 17.4 Å². The quantitative estimate of drug-likeness (QED) is 0.876. The first-order valence-electron chi connectivity index (χ1n) is 4.84. The number of nitrogens with two attached hydrogens (primary N) is 1. The van der Waals surface area contributed by atoms with Crippen LogP contribution in [0.5, 0.6) is 0 Å². The van der Waals surface area contributed by atoms with E-state index in [0.29, 0.717) is 16.4 Å². The van der Waals surface area contributed by atoms with Crippen LogP contribution in [0.2, 0.25) is 5.02 Å². The van der Waals surface area contributed by atoms with Crippen molar-refractivity contribution in [3.05, 3.63) is 46.9 Å². The minimum atomic E-state index is -0.284. The summed E-state index contributed by atoms with van der Waals surface area (Å²) in [7, 11) is 0. The molecule has 0 saturated heterocycles. The highest BCUT2D eigenvalue weighted by Crippen LogP contribution is 2.26. The molecular formula is C11H11ClFN3. The van der Waals surface area contributed by atoms with Gasteiger partial charge in [-0.1, -0.05) is 29.8 Å². The molecule has 84 valence electrons. The highest BCUT2D eigenvalue weighted by atomic mass is 35.5. The third-order valence-corrected chi connectivity index (χ3v) is 2.80. The van der Waals surface area contributed by atoms with Gasteiger partial charge in [0.15, 0.2) is 0 Å². The molecule has 5 heteroatoms. The maximum atomic E-state index is 13.5. The number of hydrogen-bond donors (Lipinski definition) is 1. The summed E-state index contributed by atoms with van der Waals surface area (Å²) in [5.74, 6) is 0.0680. The van der Waals surface area contributed by atoms with Crippen LogP contribution < -0.4 is 5.73 Å². The number of nitrogens with zero attached hydrogens (tertiary/aromatic N) is 2. The van der Waals surface area contributed by atoms with Gasteiger partial charge < -0.3 is 5.73 Å². The summed E-state index contributed by atoms with van der Waals surface area (Å²) < 4.78 is 15.1. The fourth-order valence-electron chi connectivity index (χ4n) is 1.60. The molecule has 0 amide bonds. The number of aromatic nitrogens is 2. The van der Waals surface area contributed by atoms with Gasteiger partial charge in [0, 0.05) is 5.56 Å². The van der Waals surface area contributed by atoms with E-state index in [1.165, 1.54) is 16.9 Å². The van der Waals surface area contributed by atoms with Crippen LogP contribution in [0.4, 0.5) is 10.2 Å². The highest BCUT2D eigenvalue weighted by Gasteiger charge is 2.16. The molecule has 0 spiro atoms. The smallest absolute Gasteiger partial charge is 0.141 e. The molecule has 3 nitrogen and oxygen atoms in total. The Morgan fingerprint density at radius 1 is 1.44 bits per heavy atom. The Morgan fingerprint density at radius 3 is 2.69 bits per heavy atom. The number of anilines is 1. The average Bonchev–Trinajstić information content (AvgIpc) is 2.60. The topological polar surface area (TPSA) is 43.8 Å². The van der Waals surface area contributed by atoms with Gasteiger partial charge >= 0.3 is 0 Å². The first kappa shape index (κ1) is 11.0. The van der Waals surface area contributed by atoms with Gasteiger partial charge in [-0.3, -0.25) is 0 Å². The molecule has 2 N–H and O–H groups in total. The molecule has 16 heavy (non-hydrogen) atoms. The monoisotopic (exact) mass is 239 g/mol. The molecule has 2 rings (SSSR count). The summed E-state index contributed by atoms with van der Waals surface area (Å²) in [5, 5.41) is 4.40. The largest absolute Gasteiger partial charge is 0.383 e. The lowest BCUT2D eigenvalue weighted by Gasteiger charge is -2.14. The molecule has 1 aromatic carbocycles. The van der Waals surface area contributed by atoms with Crippen molar-refractivity contribution in [2.75, 3.05) is 5.73 Å². The van der Waals surface area contributed by atoms with Crippen molar-refractivity contribution in [2.24, 2.45) is 0 Å². The molecule has 0 aliphatic carbocycles. The Kier molecular flexibility index (Phi) is 2.83. The van der Waals surface area contributed by atoms with Crippen molar-refractivity contribution < 1.29 is 4.39 Å². The van der Waals surface area contributed by atoms with E-state index in [2.05, 4.69) is 5.10 Å². The second-order valence-electron chi connectivity index (χ2n) is 3.52. The molecule has 0 radical (unpaired) electrons. The number of benzene rings is 1. The van der Waals surface area contributed by atoms with Crippen LogP contribution in [-0.4, -0.2) is 9.78 Å². The van der Waals surface area contributed by atoms with Gasteiger partial charge in [-0.15, -0.1) is 0 Å². The Balaban J connectivity index is 2.43. The van der Waals surface area contributed by atoms with Crippen LogP contribution in [0.25, 0.3) is 0 Å². The zero-order chi connectivity index (χ0) is 11.7. The van der Waals surface area contributed by atoms with Gasteiger partial charge in [0.2, 0.25) is 0 Å². The van der Waals surface area contributed by atoms with Gasteiger partial charge in [-0.05, 0) is 13.0 Å². The summed E-state index contributed by atoms with van der Waals surface area (Å²) in [6.45, 7) is 1.82. The van der Waals surface area contributed by atoms with Crippen LogP contribution >= 0.6 is 11.6 Å². The van der Waals surface area contributed by atoms with Crippen LogP contribution in [-0.2, 0) is 0 Å². The van der Waals surface area contributed by atoms with E-state index in [1.807, 2.05) is 6.92 Å². The van der Waals surface area contributed by atoms with Crippen LogP contribution in [0.3, 0.4) is 0 Å². The van der Waals surface area contributed by atoms with E-state index < -0.39 is 0 Å². The zero-order valence-corrected chi connectivity index (χ0v) is 9.45. The van der Waals surface area contributed by atoms with Crippen LogP contribution in [0.15, 0.2) is 30.5 Å². The standard InChI is InChI=1S/C11H11ClFN3/c1-7(8-4-2-3-5-10(8)13)16-11(14)9(12)6-15-16/h2-7H,14H2,1H3. The number of nitrogen functional groups attached to an aromatic ring is 1. The van der Waals surface area contributed by atoms with E-state index >= 15 is 0 Å². The van der Waals surface area contributed by atoms with E-state index in [-0.39, 0.29) is 11.9 Å². The van der Waals surface area contributed by atoms with Crippen LogP contribution in [0.1, 0.15) is 18.5 Å². The van der Waals surface area contributed by atoms with Crippen molar-refractivity contribution in [1.82, 2.24) is 9.78 Å². The van der Waals surface area contributed by atoms with Crippen molar-refractivity contribution in [1.29, 1.82) is 0 Å². The van der Waals surface area contributed by atoms with Gasteiger partial charge in [0.1, 0.15) is 16.7 Å². The third-order valence-electron chi connectivity index (χ3n) is 2.51. The van der Waals surface area contributed by atoms with Crippen LogP contribution in [0, 0.1) is 5.82 Å². The maximum Gasteiger partial charge on any atom is 0.141 e. The highest BCUT2D eigenvalue weighted by molar-refractivity contribution is 6.32. The Hall–Kier alpha value is -1.55. The summed E-state index contributed by atoms with van der Waals surface area (Å²) in [5.41, 5.74) is 6.27. The predicted molar refractivity (Wildman–Crippen MR) is 61.9 cm³/mol. The molecule has 0 saturated carbocycles. The summed E-state index contributed by atoms with van der Waals surface area (Å²) in [6.07, 6.45) is 1.45. The maximum absolute atomic E-state index is 13.5. The fourth-order valence-corrected chi connectivity index (χ4v) is 1.74. The summed E-state index contributed by atoms with van der Waals surface area (Å²) in [6, 6.07) is 6.25. The molecule has 1 aromatic heterocycles. The van der Waals surface area contributed by atoms with Gasteiger partial charge in [-0.2, -0.15) is 5.10 Å². The molecule has 0 bridgehead atoms. The minimum Gasteiger partial charge on any atom is -0.383 e.